The summed E-state index contributed by atoms with van der Waals surface area (Å²) in [4.78, 5) is 34.7. The predicted octanol–water partition coefficient (Wildman–Crippen LogP) is 4.45. The van der Waals surface area contributed by atoms with E-state index in [0.29, 0.717) is 36.2 Å². The largest absolute Gasteiger partial charge is 0.335 e. The third-order valence-corrected chi connectivity index (χ3v) is 5.31. The maximum Gasteiger partial charge on any atom is 0.258 e. The van der Waals surface area contributed by atoms with Gasteiger partial charge in [0.2, 0.25) is 5.91 Å². The van der Waals surface area contributed by atoms with Crippen molar-refractivity contribution in [2.45, 2.75) is 32.7 Å². The molecule has 0 atom stereocenters. The van der Waals surface area contributed by atoms with Crippen LogP contribution in [-0.2, 0) is 17.8 Å². The van der Waals surface area contributed by atoms with Gasteiger partial charge in [-0.15, -0.1) is 0 Å². The number of nitrogens with zero attached hydrogens (tertiary/aromatic N) is 2. The first-order valence-electron chi connectivity index (χ1n) is 10.4. The SMILES string of the molecule is CCCCN(Cc1nc2ccccc2c(=O)[nH]1)C(=O)Cc1ccc2ccccc2c1. The Hall–Kier alpha value is -3.47. The van der Waals surface area contributed by atoms with Crippen molar-refractivity contribution in [3.05, 3.63) is 88.5 Å². The van der Waals surface area contributed by atoms with Crippen LogP contribution < -0.4 is 5.56 Å². The van der Waals surface area contributed by atoms with E-state index in [1.54, 1.807) is 11.0 Å². The molecule has 5 heteroatoms. The Labute approximate surface area is 175 Å². The van der Waals surface area contributed by atoms with Gasteiger partial charge in [0, 0.05) is 6.54 Å². The van der Waals surface area contributed by atoms with E-state index in [0.717, 1.165) is 29.2 Å². The fourth-order valence-electron chi connectivity index (χ4n) is 3.67. The molecule has 30 heavy (non-hydrogen) atoms. The number of carbonyl (C=O) groups is 1. The van der Waals surface area contributed by atoms with Gasteiger partial charge in [-0.1, -0.05) is 67.9 Å². The van der Waals surface area contributed by atoms with E-state index in [2.05, 4.69) is 41.2 Å². The molecule has 152 valence electrons. The summed E-state index contributed by atoms with van der Waals surface area (Å²) in [5.74, 6) is 0.552. The van der Waals surface area contributed by atoms with Crippen molar-refractivity contribution in [2.75, 3.05) is 6.54 Å². The van der Waals surface area contributed by atoms with E-state index in [1.807, 2.05) is 36.4 Å². The Kier molecular flexibility index (Phi) is 5.89. The van der Waals surface area contributed by atoms with Crippen LogP contribution in [0.3, 0.4) is 0 Å². The zero-order chi connectivity index (χ0) is 20.9. The van der Waals surface area contributed by atoms with E-state index in [1.165, 1.54) is 0 Å². The van der Waals surface area contributed by atoms with Crippen LogP contribution in [0.25, 0.3) is 21.7 Å². The molecule has 1 amide bonds. The van der Waals surface area contributed by atoms with Gasteiger partial charge < -0.3 is 9.88 Å². The van der Waals surface area contributed by atoms with Gasteiger partial charge in [-0.25, -0.2) is 4.98 Å². The molecule has 0 fully saturated rings. The second-order valence-corrected chi connectivity index (χ2v) is 7.56. The number of nitrogens with one attached hydrogen (secondary N) is 1. The van der Waals surface area contributed by atoms with Crippen LogP contribution in [0.1, 0.15) is 31.2 Å². The van der Waals surface area contributed by atoms with E-state index < -0.39 is 0 Å². The molecule has 0 aliphatic rings. The van der Waals surface area contributed by atoms with Gasteiger partial charge in [0.1, 0.15) is 5.82 Å². The fourth-order valence-corrected chi connectivity index (χ4v) is 3.67. The molecule has 0 saturated carbocycles. The van der Waals surface area contributed by atoms with E-state index in [9.17, 15) is 9.59 Å². The minimum Gasteiger partial charge on any atom is -0.335 e. The minimum absolute atomic E-state index is 0.0366. The van der Waals surface area contributed by atoms with Gasteiger partial charge in [-0.05, 0) is 34.9 Å². The molecule has 4 rings (SSSR count). The second-order valence-electron chi connectivity index (χ2n) is 7.56. The molecular weight excluding hydrogens is 374 g/mol. The van der Waals surface area contributed by atoms with Crippen LogP contribution in [0, 0.1) is 0 Å². The number of amides is 1. The summed E-state index contributed by atoms with van der Waals surface area (Å²) in [5.41, 5.74) is 1.46. The molecule has 0 aliphatic carbocycles. The lowest BCUT2D eigenvalue weighted by molar-refractivity contribution is -0.131. The van der Waals surface area contributed by atoms with Crippen molar-refractivity contribution >= 4 is 27.6 Å². The first-order valence-corrected chi connectivity index (χ1v) is 10.4. The number of hydrogen-bond donors (Lipinski definition) is 1. The monoisotopic (exact) mass is 399 g/mol. The molecule has 0 saturated heterocycles. The molecule has 0 aliphatic heterocycles. The number of rotatable bonds is 7. The maximum atomic E-state index is 13.1. The van der Waals surface area contributed by atoms with Crippen molar-refractivity contribution in [1.82, 2.24) is 14.9 Å². The average molecular weight is 399 g/mol. The number of hydrogen-bond acceptors (Lipinski definition) is 3. The van der Waals surface area contributed by atoms with Gasteiger partial charge in [0.15, 0.2) is 0 Å². The molecule has 1 aromatic heterocycles. The van der Waals surface area contributed by atoms with Gasteiger partial charge in [0.25, 0.3) is 5.56 Å². The Morgan fingerprint density at radius 3 is 2.60 bits per heavy atom. The Morgan fingerprint density at radius 1 is 1.00 bits per heavy atom. The highest BCUT2D eigenvalue weighted by molar-refractivity contribution is 5.85. The molecule has 1 heterocycles. The minimum atomic E-state index is -0.173. The molecular formula is C25H25N3O2. The highest BCUT2D eigenvalue weighted by Crippen LogP contribution is 2.17. The van der Waals surface area contributed by atoms with Gasteiger partial charge in [0.05, 0.1) is 23.9 Å². The summed E-state index contributed by atoms with van der Waals surface area (Å²) >= 11 is 0. The van der Waals surface area contributed by atoms with Crippen molar-refractivity contribution in [2.24, 2.45) is 0 Å². The lowest BCUT2D eigenvalue weighted by Crippen LogP contribution is -2.34. The topological polar surface area (TPSA) is 66.1 Å². The molecule has 0 spiro atoms. The molecule has 0 bridgehead atoms. The predicted molar refractivity (Wildman–Crippen MR) is 120 cm³/mol. The fraction of sp³-hybridized carbons (Fsp3) is 0.240. The van der Waals surface area contributed by atoms with Crippen molar-refractivity contribution in [1.29, 1.82) is 0 Å². The Morgan fingerprint density at radius 2 is 1.77 bits per heavy atom. The lowest BCUT2D eigenvalue weighted by Gasteiger charge is -2.22. The molecule has 3 aromatic carbocycles. The van der Waals surface area contributed by atoms with Crippen molar-refractivity contribution in [3.63, 3.8) is 0 Å². The molecule has 0 unspecified atom stereocenters. The number of aromatic amines is 1. The number of fused-ring (bicyclic) bond motifs is 2. The Balaban J connectivity index is 1.56. The molecule has 1 N–H and O–H groups in total. The van der Waals surface area contributed by atoms with E-state index in [4.69, 9.17) is 0 Å². The van der Waals surface area contributed by atoms with Gasteiger partial charge in [-0.3, -0.25) is 9.59 Å². The zero-order valence-electron chi connectivity index (χ0n) is 17.1. The Bertz CT molecular complexity index is 1250. The maximum absolute atomic E-state index is 13.1. The van der Waals surface area contributed by atoms with Crippen LogP contribution in [0.4, 0.5) is 0 Å². The van der Waals surface area contributed by atoms with E-state index >= 15 is 0 Å². The highest BCUT2D eigenvalue weighted by atomic mass is 16.2. The number of unbranched alkanes of at least 4 members (excludes halogenated alkanes) is 1. The summed E-state index contributed by atoms with van der Waals surface area (Å²) < 4.78 is 0. The number of benzene rings is 3. The second kappa shape index (κ2) is 8.91. The summed E-state index contributed by atoms with van der Waals surface area (Å²) in [5, 5.41) is 2.85. The van der Waals surface area contributed by atoms with Crippen LogP contribution >= 0.6 is 0 Å². The first kappa shape index (κ1) is 19.8. The summed E-state index contributed by atoms with van der Waals surface area (Å²) in [6.45, 7) is 3.04. The number of para-hydroxylation sites is 1. The number of H-pyrrole nitrogens is 1. The number of aromatic nitrogens is 2. The van der Waals surface area contributed by atoms with Crippen LogP contribution in [0.15, 0.2) is 71.5 Å². The van der Waals surface area contributed by atoms with E-state index in [-0.39, 0.29) is 11.5 Å². The van der Waals surface area contributed by atoms with Crippen LogP contribution in [0.5, 0.6) is 0 Å². The first-order chi connectivity index (χ1) is 14.6. The number of carbonyl (C=O) groups excluding carboxylic acids is 1. The quantitative estimate of drug-likeness (QED) is 0.499. The highest BCUT2D eigenvalue weighted by Gasteiger charge is 2.16. The smallest absolute Gasteiger partial charge is 0.258 e. The van der Waals surface area contributed by atoms with Crippen molar-refractivity contribution in [3.8, 4) is 0 Å². The lowest BCUT2D eigenvalue weighted by atomic mass is 10.0. The van der Waals surface area contributed by atoms with Crippen molar-refractivity contribution < 1.29 is 4.79 Å². The summed E-state index contributed by atoms with van der Waals surface area (Å²) in [6, 6.07) is 21.5. The summed E-state index contributed by atoms with van der Waals surface area (Å²) in [7, 11) is 0. The molecule has 5 nitrogen and oxygen atoms in total. The normalized spacial score (nSPS) is 11.1. The third kappa shape index (κ3) is 4.40. The standard InChI is InChI=1S/C25H25N3O2/c1-2-3-14-28(17-23-26-22-11-7-6-10-21(22)25(30)27-23)24(29)16-18-12-13-19-8-4-5-9-20(19)15-18/h4-13,15H,2-3,14,16-17H2,1H3,(H,26,27,30). The zero-order valence-corrected chi connectivity index (χ0v) is 17.1. The average Bonchev–Trinajstić information content (AvgIpc) is 2.76. The van der Waals surface area contributed by atoms with Gasteiger partial charge in [-0.2, -0.15) is 0 Å². The molecule has 0 radical (unpaired) electrons. The van der Waals surface area contributed by atoms with Crippen LogP contribution in [0.2, 0.25) is 0 Å². The third-order valence-electron chi connectivity index (χ3n) is 5.31. The van der Waals surface area contributed by atoms with Crippen LogP contribution in [-0.4, -0.2) is 27.3 Å². The molecule has 4 aromatic rings. The summed E-state index contributed by atoms with van der Waals surface area (Å²) in [6.07, 6.45) is 2.22. The van der Waals surface area contributed by atoms with Gasteiger partial charge >= 0.3 is 0 Å².